The van der Waals surface area contributed by atoms with Crippen LogP contribution >= 0.6 is 0 Å². The Bertz CT molecular complexity index is 821. The number of amides is 1. The predicted octanol–water partition coefficient (Wildman–Crippen LogP) is 2.03. The Morgan fingerprint density at radius 2 is 1.72 bits per heavy atom. The third-order valence-electron chi connectivity index (χ3n) is 3.47. The molecule has 134 valence electrons. The van der Waals surface area contributed by atoms with Crippen molar-refractivity contribution in [1.29, 1.82) is 0 Å². The Hall–Kier alpha value is -2.61. The molecule has 8 heteroatoms. The lowest BCUT2D eigenvalue weighted by Crippen LogP contribution is -2.38. The first-order valence-corrected chi connectivity index (χ1v) is 9.31. The van der Waals surface area contributed by atoms with Gasteiger partial charge in [-0.05, 0) is 48.5 Å². The van der Waals surface area contributed by atoms with Gasteiger partial charge in [0, 0.05) is 12.1 Å². The van der Waals surface area contributed by atoms with Crippen LogP contribution in [0.5, 0.6) is 5.75 Å². The van der Waals surface area contributed by atoms with E-state index in [9.17, 15) is 17.6 Å². The molecule has 0 spiro atoms. The van der Waals surface area contributed by atoms with Crippen molar-refractivity contribution in [2.75, 3.05) is 30.8 Å². The zero-order chi connectivity index (χ0) is 18.4. The number of hydrogen-bond acceptors (Lipinski definition) is 4. The Kier molecular flexibility index (Phi) is 5.97. The van der Waals surface area contributed by atoms with Crippen LogP contribution in [0.3, 0.4) is 0 Å². The number of carbonyl (C=O) groups excluding carboxylic acids is 1. The summed E-state index contributed by atoms with van der Waals surface area (Å²) in [5.74, 6) is -0.142. The summed E-state index contributed by atoms with van der Waals surface area (Å²) in [6.07, 6.45) is 1.06. The van der Waals surface area contributed by atoms with Gasteiger partial charge in [0.2, 0.25) is 10.0 Å². The van der Waals surface area contributed by atoms with Crippen molar-refractivity contribution in [2.45, 2.75) is 0 Å². The molecular formula is C17H19FN2O4S. The van der Waals surface area contributed by atoms with E-state index in [1.165, 1.54) is 31.4 Å². The zero-order valence-electron chi connectivity index (χ0n) is 13.9. The number of hydrogen-bond donors (Lipinski definition) is 1. The summed E-state index contributed by atoms with van der Waals surface area (Å²) < 4.78 is 43.0. The van der Waals surface area contributed by atoms with Gasteiger partial charge >= 0.3 is 0 Å². The SMILES string of the molecule is COc1ccc(C(=O)NCCN(c2ccc(F)cc2)S(C)(=O)=O)cc1. The second-order valence-electron chi connectivity index (χ2n) is 5.30. The molecule has 0 bridgehead atoms. The number of rotatable bonds is 7. The summed E-state index contributed by atoms with van der Waals surface area (Å²) in [5.41, 5.74) is 0.774. The van der Waals surface area contributed by atoms with Crippen molar-refractivity contribution in [1.82, 2.24) is 5.32 Å². The van der Waals surface area contributed by atoms with E-state index >= 15 is 0 Å². The molecule has 0 unspecified atom stereocenters. The van der Waals surface area contributed by atoms with E-state index in [-0.39, 0.29) is 19.0 Å². The standard InChI is InChI=1S/C17H19FN2O4S/c1-24-16-9-3-13(4-10-16)17(21)19-11-12-20(25(2,22)23)15-7-5-14(18)6-8-15/h3-10H,11-12H2,1-2H3,(H,19,21). The van der Waals surface area contributed by atoms with Crippen LogP contribution in [0.2, 0.25) is 0 Å². The van der Waals surface area contributed by atoms with Crippen LogP contribution in [-0.4, -0.2) is 40.8 Å². The van der Waals surface area contributed by atoms with Crippen molar-refractivity contribution in [3.8, 4) is 5.75 Å². The highest BCUT2D eigenvalue weighted by Gasteiger charge is 2.17. The third kappa shape index (κ3) is 5.18. The number of sulfonamides is 1. The number of carbonyl (C=O) groups is 1. The molecular weight excluding hydrogens is 347 g/mol. The van der Waals surface area contributed by atoms with Crippen LogP contribution in [0.25, 0.3) is 0 Å². The number of methoxy groups -OCH3 is 1. The molecule has 0 radical (unpaired) electrons. The number of halogens is 1. The molecule has 2 aromatic carbocycles. The second-order valence-corrected chi connectivity index (χ2v) is 7.20. The molecule has 0 atom stereocenters. The number of nitrogens with one attached hydrogen (secondary N) is 1. The lowest BCUT2D eigenvalue weighted by Gasteiger charge is -2.22. The van der Waals surface area contributed by atoms with E-state index in [1.54, 1.807) is 24.3 Å². The molecule has 0 fully saturated rings. The first-order valence-electron chi connectivity index (χ1n) is 7.47. The van der Waals surface area contributed by atoms with Crippen molar-refractivity contribution in [3.63, 3.8) is 0 Å². The Balaban J connectivity index is 2.01. The quantitative estimate of drug-likeness (QED) is 0.814. The molecule has 6 nitrogen and oxygen atoms in total. The van der Waals surface area contributed by atoms with E-state index in [0.29, 0.717) is 17.0 Å². The first-order chi connectivity index (χ1) is 11.8. The van der Waals surface area contributed by atoms with E-state index in [1.807, 2.05) is 0 Å². The molecule has 25 heavy (non-hydrogen) atoms. The van der Waals surface area contributed by atoms with Gasteiger partial charge in [-0.1, -0.05) is 0 Å². The van der Waals surface area contributed by atoms with Gasteiger partial charge in [0.1, 0.15) is 11.6 Å². The number of benzene rings is 2. The largest absolute Gasteiger partial charge is 0.497 e. The average Bonchev–Trinajstić information content (AvgIpc) is 2.58. The maximum absolute atomic E-state index is 13.0. The Morgan fingerprint density at radius 1 is 1.12 bits per heavy atom. The molecule has 1 amide bonds. The zero-order valence-corrected chi connectivity index (χ0v) is 14.7. The smallest absolute Gasteiger partial charge is 0.251 e. The van der Waals surface area contributed by atoms with Gasteiger partial charge in [-0.15, -0.1) is 0 Å². The van der Waals surface area contributed by atoms with Crippen LogP contribution in [0.4, 0.5) is 10.1 Å². The second kappa shape index (κ2) is 7.98. The third-order valence-corrected chi connectivity index (χ3v) is 4.66. The molecule has 0 saturated heterocycles. The number of ether oxygens (including phenoxy) is 1. The molecule has 0 heterocycles. The van der Waals surface area contributed by atoms with Gasteiger partial charge in [0.05, 0.1) is 25.6 Å². The highest BCUT2D eigenvalue weighted by molar-refractivity contribution is 7.92. The molecule has 0 aliphatic carbocycles. The van der Waals surface area contributed by atoms with Crippen molar-refractivity contribution in [2.24, 2.45) is 0 Å². The first kappa shape index (κ1) is 18.7. The lowest BCUT2D eigenvalue weighted by molar-refractivity contribution is 0.0955. The average molecular weight is 366 g/mol. The minimum absolute atomic E-state index is 0.0341. The van der Waals surface area contributed by atoms with E-state index in [0.717, 1.165) is 10.6 Å². The normalized spacial score (nSPS) is 11.0. The summed E-state index contributed by atoms with van der Waals surface area (Å²) in [5, 5.41) is 2.66. The van der Waals surface area contributed by atoms with Gasteiger partial charge in [0.25, 0.3) is 5.91 Å². The van der Waals surface area contributed by atoms with Crippen molar-refractivity contribution >= 4 is 21.6 Å². The van der Waals surface area contributed by atoms with Crippen LogP contribution in [0, 0.1) is 5.82 Å². The van der Waals surface area contributed by atoms with Crippen LogP contribution < -0.4 is 14.4 Å². The highest BCUT2D eigenvalue weighted by Crippen LogP contribution is 2.17. The number of nitrogens with zero attached hydrogens (tertiary/aromatic N) is 1. The van der Waals surface area contributed by atoms with Gasteiger partial charge in [0.15, 0.2) is 0 Å². The van der Waals surface area contributed by atoms with E-state index in [4.69, 9.17) is 4.74 Å². The maximum atomic E-state index is 13.0. The van der Waals surface area contributed by atoms with E-state index in [2.05, 4.69) is 5.32 Å². The van der Waals surface area contributed by atoms with Gasteiger partial charge in [-0.3, -0.25) is 9.10 Å². The van der Waals surface area contributed by atoms with Crippen LogP contribution in [-0.2, 0) is 10.0 Å². The molecule has 2 aromatic rings. The van der Waals surface area contributed by atoms with Gasteiger partial charge < -0.3 is 10.1 Å². The lowest BCUT2D eigenvalue weighted by atomic mass is 10.2. The number of anilines is 1. The summed E-state index contributed by atoms with van der Waals surface area (Å²) in [7, 11) is -2.03. The Labute approximate surface area is 146 Å². The summed E-state index contributed by atoms with van der Waals surface area (Å²) in [6, 6.07) is 11.7. The topological polar surface area (TPSA) is 75.7 Å². The molecule has 0 aliphatic heterocycles. The highest BCUT2D eigenvalue weighted by atomic mass is 32.2. The summed E-state index contributed by atoms with van der Waals surface area (Å²) in [4.78, 5) is 12.1. The molecule has 2 rings (SSSR count). The Morgan fingerprint density at radius 3 is 2.24 bits per heavy atom. The monoisotopic (exact) mass is 366 g/mol. The molecule has 1 N–H and O–H groups in total. The van der Waals surface area contributed by atoms with E-state index < -0.39 is 15.8 Å². The van der Waals surface area contributed by atoms with Gasteiger partial charge in [-0.25, -0.2) is 12.8 Å². The summed E-state index contributed by atoms with van der Waals surface area (Å²) >= 11 is 0. The predicted molar refractivity (Wildman–Crippen MR) is 93.9 cm³/mol. The minimum Gasteiger partial charge on any atom is -0.497 e. The van der Waals surface area contributed by atoms with Gasteiger partial charge in [-0.2, -0.15) is 0 Å². The molecule has 0 aliphatic rings. The molecule has 0 aromatic heterocycles. The fraction of sp³-hybridized carbons (Fsp3) is 0.235. The van der Waals surface area contributed by atoms with Crippen molar-refractivity contribution < 1.29 is 22.3 Å². The van der Waals surface area contributed by atoms with Crippen LogP contribution in [0.15, 0.2) is 48.5 Å². The maximum Gasteiger partial charge on any atom is 0.251 e. The summed E-state index contributed by atoms with van der Waals surface area (Å²) in [6.45, 7) is 0.141. The fourth-order valence-corrected chi connectivity index (χ4v) is 3.14. The fourth-order valence-electron chi connectivity index (χ4n) is 2.21. The minimum atomic E-state index is -3.56. The van der Waals surface area contributed by atoms with Crippen molar-refractivity contribution in [3.05, 3.63) is 59.9 Å². The molecule has 0 saturated carbocycles. The van der Waals surface area contributed by atoms with Crippen LogP contribution in [0.1, 0.15) is 10.4 Å².